The number of nitrogens with zero attached hydrogens (tertiary/aromatic N) is 2. The van der Waals surface area contributed by atoms with Crippen LogP contribution in [0.3, 0.4) is 0 Å². The predicted molar refractivity (Wildman–Crippen MR) is 100 cm³/mol. The first kappa shape index (κ1) is 20.2. The second-order valence-electron chi connectivity index (χ2n) is 5.97. The number of hydrogen-bond acceptors (Lipinski definition) is 7. The Morgan fingerprint density at radius 2 is 1.89 bits per heavy atom. The van der Waals surface area contributed by atoms with Crippen LogP contribution >= 0.6 is 0 Å². The molecule has 0 amide bonds. The van der Waals surface area contributed by atoms with E-state index < -0.39 is 16.9 Å². The highest BCUT2D eigenvalue weighted by molar-refractivity contribution is 5.71. The van der Waals surface area contributed by atoms with Gasteiger partial charge in [0.25, 0.3) is 5.69 Å². The molecule has 0 aliphatic rings. The molecule has 0 aromatic heterocycles. The molecule has 2 aromatic rings. The summed E-state index contributed by atoms with van der Waals surface area (Å²) in [6, 6.07) is 11.0. The number of ether oxygens (including phenoxy) is 1. The lowest BCUT2D eigenvalue weighted by atomic mass is 9.96. The van der Waals surface area contributed by atoms with Crippen molar-refractivity contribution in [3.63, 3.8) is 0 Å². The largest absolute Gasteiger partial charge is 0.465 e. The first-order valence-electron chi connectivity index (χ1n) is 8.48. The molecular weight excluding hydrogens is 350 g/mol. The molecule has 1 atom stereocenters. The number of hydrogen-bond donors (Lipinski definition) is 1. The minimum atomic E-state index is -0.768. The molecule has 8 nitrogen and oxygen atoms in total. The van der Waals surface area contributed by atoms with Crippen molar-refractivity contribution in [1.82, 2.24) is 5.32 Å². The van der Waals surface area contributed by atoms with E-state index >= 15 is 0 Å². The number of rotatable bonds is 9. The van der Waals surface area contributed by atoms with Gasteiger partial charge in [-0.1, -0.05) is 35.0 Å². The third-order valence-corrected chi connectivity index (χ3v) is 4.00. The van der Waals surface area contributed by atoms with Gasteiger partial charge < -0.3 is 10.1 Å². The van der Waals surface area contributed by atoms with E-state index in [-0.39, 0.29) is 25.4 Å². The van der Waals surface area contributed by atoms with Gasteiger partial charge in [0, 0.05) is 18.2 Å². The standard InChI is InChI=1S/C19H21N3O5/c1-3-27-18(23)12-20-11-16-10-15(8-9-17(16)22(25)26)19(21-24)14-6-4-13(2)5-7-14/h4-10,19-20H,3,11-12H2,1-2H3. The monoisotopic (exact) mass is 371 g/mol. The Hall–Kier alpha value is -3.13. The smallest absolute Gasteiger partial charge is 0.319 e. The number of nitrogens with one attached hydrogen (secondary N) is 1. The predicted octanol–water partition coefficient (Wildman–Crippen LogP) is 3.41. The van der Waals surface area contributed by atoms with Gasteiger partial charge in [0.05, 0.1) is 18.1 Å². The molecule has 0 fully saturated rings. The van der Waals surface area contributed by atoms with Gasteiger partial charge in [-0.05, 0) is 37.1 Å². The van der Waals surface area contributed by atoms with Crippen molar-refractivity contribution in [3.05, 3.63) is 79.7 Å². The van der Waals surface area contributed by atoms with Crippen LogP contribution in [0.5, 0.6) is 0 Å². The summed E-state index contributed by atoms with van der Waals surface area (Å²) in [6.45, 7) is 3.92. The molecule has 2 aromatic carbocycles. The Balaban J connectivity index is 2.26. The van der Waals surface area contributed by atoms with E-state index in [0.717, 1.165) is 5.56 Å². The van der Waals surface area contributed by atoms with Crippen LogP contribution in [0.25, 0.3) is 0 Å². The fraction of sp³-hybridized carbons (Fsp3) is 0.316. The van der Waals surface area contributed by atoms with Gasteiger partial charge >= 0.3 is 5.97 Å². The quantitative estimate of drug-likeness (QED) is 0.313. The Morgan fingerprint density at radius 3 is 2.48 bits per heavy atom. The maximum absolute atomic E-state index is 11.4. The minimum Gasteiger partial charge on any atom is -0.465 e. The highest BCUT2D eigenvalue weighted by Gasteiger charge is 2.20. The lowest BCUT2D eigenvalue weighted by Crippen LogP contribution is -2.24. The van der Waals surface area contributed by atoms with Crippen molar-refractivity contribution in [2.45, 2.75) is 26.4 Å². The van der Waals surface area contributed by atoms with Crippen molar-refractivity contribution in [2.75, 3.05) is 13.2 Å². The van der Waals surface area contributed by atoms with E-state index in [2.05, 4.69) is 10.5 Å². The third kappa shape index (κ3) is 5.42. The van der Waals surface area contributed by atoms with E-state index in [1.165, 1.54) is 12.1 Å². The van der Waals surface area contributed by atoms with Crippen LogP contribution < -0.4 is 5.32 Å². The van der Waals surface area contributed by atoms with Crippen LogP contribution in [0.4, 0.5) is 5.69 Å². The number of carbonyl (C=O) groups is 1. The van der Waals surface area contributed by atoms with Gasteiger partial charge in [-0.25, -0.2) is 0 Å². The summed E-state index contributed by atoms with van der Waals surface area (Å²) >= 11 is 0. The summed E-state index contributed by atoms with van der Waals surface area (Å²) in [7, 11) is 0. The van der Waals surface area contributed by atoms with Crippen molar-refractivity contribution < 1.29 is 14.5 Å². The summed E-state index contributed by atoms with van der Waals surface area (Å²) in [4.78, 5) is 33.6. The zero-order valence-corrected chi connectivity index (χ0v) is 15.2. The molecule has 1 unspecified atom stereocenters. The molecule has 142 valence electrons. The van der Waals surface area contributed by atoms with E-state index in [4.69, 9.17) is 4.74 Å². The van der Waals surface area contributed by atoms with Crippen molar-refractivity contribution in [1.29, 1.82) is 0 Å². The zero-order chi connectivity index (χ0) is 19.8. The minimum absolute atomic E-state index is 0.0669. The second-order valence-corrected chi connectivity index (χ2v) is 5.97. The number of nitro groups is 1. The molecule has 0 aliphatic heterocycles. The molecule has 27 heavy (non-hydrogen) atoms. The first-order chi connectivity index (χ1) is 13.0. The van der Waals surface area contributed by atoms with Gasteiger partial charge in [0.2, 0.25) is 0 Å². The van der Waals surface area contributed by atoms with Crippen molar-refractivity contribution in [3.8, 4) is 0 Å². The second kappa shape index (κ2) is 9.54. The van der Waals surface area contributed by atoms with Crippen LogP contribution in [-0.2, 0) is 16.1 Å². The fourth-order valence-corrected chi connectivity index (χ4v) is 2.67. The number of nitro benzene ring substituents is 1. The SMILES string of the molecule is CCOC(=O)CNCc1cc(C(N=O)c2ccc(C)cc2)ccc1[N+](=O)[O-]. The van der Waals surface area contributed by atoms with E-state index in [1.807, 2.05) is 31.2 Å². The van der Waals surface area contributed by atoms with Crippen LogP contribution in [0.1, 0.15) is 35.2 Å². The lowest BCUT2D eigenvalue weighted by Gasteiger charge is -2.13. The molecule has 8 heteroatoms. The average molecular weight is 371 g/mol. The molecule has 0 radical (unpaired) electrons. The number of esters is 1. The average Bonchev–Trinajstić information content (AvgIpc) is 2.64. The van der Waals surface area contributed by atoms with Crippen LogP contribution in [-0.4, -0.2) is 24.0 Å². The number of aryl methyl sites for hydroxylation is 1. The van der Waals surface area contributed by atoms with Crippen LogP contribution in [0, 0.1) is 21.9 Å². The molecule has 1 N–H and O–H groups in total. The van der Waals surface area contributed by atoms with Gasteiger partial charge in [-0.3, -0.25) is 14.9 Å². The summed E-state index contributed by atoms with van der Waals surface area (Å²) < 4.78 is 4.81. The third-order valence-electron chi connectivity index (χ3n) is 4.00. The van der Waals surface area contributed by atoms with Gasteiger partial charge in [-0.2, -0.15) is 0 Å². The van der Waals surface area contributed by atoms with Crippen LogP contribution in [0.2, 0.25) is 0 Å². The highest BCUT2D eigenvalue weighted by atomic mass is 16.6. The molecule has 0 aliphatic carbocycles. The van der Waals surface area contributed by atoms with Crippen molar-refractivity contribution >= 4 is 11.7 Å². The Morgan fingerprint density at radius 1 is 1.22 bits per heavy atom. The Kier molecular flexibility index (Phi) is 7.13. The number of benzene rings is 2. The number of nitroso groups, excluding NO2 is 1. The Bertz CT molecular complexity index is 821. The molecule has 0 bridgehead atoms. The fourth-order valence-electron chi connectivity index (χ4n) is 2.67. The first-order valence-corrected chi connectivity index (χ1v) is 8.48. The molecular formula is C19H21N3O5. The number of carbonyl (C=O) groups excluding carboxylic acids is 1. The lowest BCUT2D eigenvalue weighted by molar-refractivity contribution is -0.385. The molecule has 0 heterocycles. The maximum atomic E-state index is 11.4. The van der Waals surface area contributed by atoms with Gasteiger partial charge in [0.1, 0.15) is 6.04 Å². The van der Waals surface area contributed by atoms with E-state index in [9.17, 15) is 19.8 Å². The zero-order valence-electron chi connectivity index (χ0n) is 15.2. The maximum Gasteiger partial charge on any atom is 0.319 e. The van der Waals surface area contributed by atoms with E-state index in [0.29, 0.717) is 16.7 Å². The molecule has 0 saturated carbocycles. The highest BCUT2D eigenvalue weighted by Crippen LogP contribution is 2.30. The molecule has 2 rings (SSSR count). The van der Waals surface area contributed by atoms with Gasteiger partial charge in [0.15, 0.2) is 0 Å². The molecule has 0 spiro atoms. The van der Waals surface area contributed by atoms with E-state index in [1.54, 1.807) is 13.0 Å². The van der Waals surface area contributed by atoms with Gasteiger partial charge in [-0.15, -0.1) is 4.91 Å². The molecule has 0 saturated heterocycles. The van der Waals surface area contributed by atoms with Crippen LogP contribution in [0.15, 0.2) is 47.6 Å². The summed E-state index contributed by atoms with van der Waals surface area (Å²) in [5, 5.41) is 17.3. The summed E-state index contributed by atoms with van der Waals surface area (Å²) in [5.74, 6) is -0.441. The topological polar surface area (TPSA) is 111 Å². The summed E-state index contributed by atoms with van der Waals surface area (Å²) in [6.07, 6.45) is 0. The summed E-state index contributed by atoms with van der Waals surface area (Å²) in [5.41, 5.74) is 2.57. The van der Waals surface area contributed by atoms with Crippen molar-refractivity contribution in [2.24, 2.45) is 5.18 Å². The Labute approximate surface area is 156 Å². The normalized spacial score (nSPS) is 11.6.